The van der Waals surface area contributed by atoms with E-state index in [-0.39, 0.29) is 6.61 Å². The van der Waals surface area contributed by atoms with Crippen LogP contribution < -0.4 is 9.64 Å². The molecule has 8 nitrogen and oxygen atoms in total. The van der Waals surface area contributed by atoms with E-state index in [9.17, 15) is 0 Å². The molecule has 2 aromatic carbocycles. The lowest BCUT2D eigenvalue weighted by Gasteiger charge is -2.19. The lowest BCUT2D eigenvalue weighted by molar-refractivity contribution is 0.282. The molecule has 0 atom stereocenters. The Labute approximate surface area is 152 Å². The van der Waals surface area contributed by atoms with Crippen molar-refractivity contribution in [1.29, 1.82) is 0 Å². The topological polar surface area (TPSA) is 106 Å². The molecule has 0 saturated heterocycles. The third kappa shape index (κ3) is 5.47. The van der Waals surface area contributed by atoms with Crippen LogP contribution in [0.5, 0.6) is 5.75 Å². The van der Waals surface area contributed by atoms with Crippen molar-refractivity contribution in [2.75, 3.05) is 32.1 Å². The van der Waals surface area contributed by atoms with Crippen LogP contribution in [-0.2, 0) is 6.61 Å². The summed E-state index contributed by atoms with van der Waals surface area (Å²) in [6.07, 6.45) is 0.772. The van der Waals surface area contributed by atoms with Crippen molar-refractivity contribution in [1.82, 2.24) is 0 Å². The van der Waals surface area contributed by atoms with Gasteiger partial charge in [0.2, 0.25) is 0 Å². The Kier molecular flexibility index (Phi) is 7.42. The van der Waals surface area contributed by atoms with Gasteiger partial charge in [-0.15, -0.1) is 5.11 Å². The molecule has 1 N–H and O–H groups in total. The molecule has 0 spiro atoms. The number of rotatable bonds is 9. The molecule has 0 radical (unpaired) electrons. The minimum absolute atomic E-state index is 0.00306. The van der Waals surface area contributed by atoms with Gasteiger partial charge < -0.3 is 14.7 Å². The molecule has 0 aliphatic heterocycles. The summed E-state index contributed by atoms with van der Waals surface area (Å²) in [6, 6.07) is 12.9. The van der Waals surface area contributed by atoms with Crippen LogP contribution in [0.15, 0.2) is 57.8 Å². The highest BCUT2D eigenvalue weighted by Gasteiger charge is 2.07. The molecule has 0 unspecified atom stereocenters. The van der Waals surface area contributed by atoms with E-state index in [1.807, 2.05) is 25.2 Å². The van der Waals surface area contributed by atoms with Gasteiger partial charge in [-0.2, -0.15) is 5.11 Å². The van der Waals surface area contributed by atoms with E-state index in [0.29, 0.717) is 23.7 Å². The first-order valence-corrected chi connectivity index (χ1v) is 8.19. The van der Waals surface area contributed by atoms with Gasteiger partial charge in [-0.1, -0.05) is 17.2 Å². The highest BCUT2D eigenvalue weighted by atomic mass is 16.5. The number of aliphatic hydroxyl groups excluding tert-OH is 1. The maximum Gasteiger partial charge on any atom is 0.148 e. The van der Waals surface area contributed by atoms with Crippen LogP contribution in [0.4, 0.5) is 17.1 Å². The van der Waals surface area contributed by atoms with E-state index in [1.54, 1.807) is 31.4 Å². The number of aliphatic hydroxyl groups is 1. The van der Waals surface area contributed by atoms with E-state index in [1.165, 1.54) is 0 Å². The SMILES string of the molecule is COc1cc(N(C)CCCN=[N+]=[N-])ccc1N=Nc1ccc(CO)cc1. The van der Waals surface area contributed by atoms with Gasteiger partial charge in [0.1, 0.15) is 11.4 Å². The molecular formula is C18H22N6O2. The van der Waals surface area contributed by atoms with E-state index in [4.69, 9.17) is 15.4 Å². The Morgan fingerprint density at radius 2 is 1.92 bits per heavy atom. The number of ether oxygens (including phenoxy) is 1. The first-order chi connectivity index (χ1) is 12.7. The van der Waals surface area contributed by atoms with E-state index in [2.05, 4.69) is 25.2 Å². The van der Waals surface area contributed by atoms with Gasteiger partial charge in [0.25, 0.3) is 0 Å². The number of azide groups is 1. The minimum Gasteiger partial charge on any atom is -0.494 e. The Morgan fingerprint density at radius 1 is 1.15 bits per heavy atom. The van der Waals surface area contributed by atoms with Gasteiger partial charge in [-0.3, -0.25) is 0 Å². The molecule has 0 bridgehead atoms. The van der Waals surface area contributed by atoms with Gasteiger partial charge in [-0.05, 0) is 41.8 Å². The summed E-state index contributed by atoms with van der Waals surface area (Å²) in [5.74, 6) is 0.625. The Bertz CT molecular complexity index is 785. The fourth-order valence-electron chi connectivity index (χ4n) is 2.32. The largest absolute Gasteiger partial charge is 0.494 e. The van der Waals surface area contributed by atoms with Crippen molar-refractivity contribution < 1.29 is 9.84 Å². The quantitative estimate of drug-likeness (QED) is 0.304. The number of nitrogens with zero attached hydrogens (tertiary/aromatic N) is 6. The smallest absolute Gasteiger partial charge is 0.148 e. The standard InChI is InChI=1S/C18H22N6O2/c1-24(11-3-10-20-23-19)16-8-9-17(18(12-16)26-2)22-21-15-6-4-14(13-25)5-7-15/h4-9,12,25H,3,10-11,13H2,1-2H3. The monoisotopic (exact) mass is 354 g/mol. The van der Waals surface area contributed by atoms with Gasteiger partial charge in [0.05, 0.1) is 19.4 Å². The predicted molar refractivity (Wildman–Crippen MR) is 101 cm³/mol. The third-order valence-electron chi connectivity index (χ3n) is 3.81. The van der Waals surface area contributed by atoms with Crippen molar-refractivity contribution in [2.24, 2.45) is 15.3 Å². The summed E-state index contributed by atoms with van der Waals surface area (Å²) >= 11 is 0. The van der Waals surface area contributed by atoms with Crippen molar-refractivity contribution in [2.45, 2.75) is 13.0 Å². The fraction of sp³-hybridized carbons (Fsp3) is 0.333. The van der Waals surface area contributed by atoms with Crippen LogP contribution in [-0.4, -0.2) is 32.4 Å². The van der Waals surface area contributed by atoms with Crippen molar-refractivity contribution in [3.63, 3.8) is 0 Å². The number of anilines is 1. The van der Waals surface area contributed by atoms with Crippen LogP contribution in [0.2, 0.25) is 0 Å². The lowest BCUT2D eigenvalue weighted by atomic mass is 10.2. The Morgan fingerprint density at radius 3 is 2.58 bits per heavy atom. The van der Waals surface area contributed by atoms with Gasteiger partial charge in [0, 0.05) is 36.8 Å². The van der Waals surface area contributed by atoms with E-state index < -0.39 is 0 Å². The molecule has 0 aliphatic rings. The highest BCUT2D eigenvalue weighted by molar-refractivity contribution is 5.61. The van der Waals surface area contributed by atoms with Crippen LogP contribution in [0.3, 0.4) is 0 Å². The van der Waals surface area contributed by atoms with Gasteiger partial charge in [0.15, 0.2) is 0 Å². The zero-order valence-corrected chi connectivity index (χ0v) is 14.9. The van der Waals surface area contributed by atoms with Crippen molar-refractivity contribution >= 4 is 17.1 Å². The summed E-state index contributed by atoms with van der Waals surface area (Å²) in [5.41, 5.74) is 11.4. The van der Waals surface area contributed by atoms with Crippen molar-refractivity contribution in [3.05, 3.63) is 58.5 Å². The van der Waals surface area contributed by atoms with E-state index in [0.717, 1.165) is 24.2 Å². The van der Waals surface area contributed by atoms with Crippen molar-refractivity contribution in [3.8, 4) is 5.75 Å². The average Bonchev–Trinajstić information content (AvgIpc) is 2.69. The second-order valence-corrected chi connectivity index (χ2v) is 5.61. The fourth-order valence-corrected chi connectivity index (χ4v) is 2.32. The molecule has 0 heterocycles. The molecule has 0 saturated carbocycles. The molecule has 26 heavy (non-hydrogen) atoms. The molecule has 2 rings (SSSR count). The summed E-state index contributed by atoms with van der Waals surface area (Å²) in [4.78, 5) is 4.81. The highest BCUT2D eigenvalue weighted by Crippen LogP contribution is 2.33. The molecule has 8 heteroatoms. The number of benzene rings is 2. The second-order valence-electron chi connectivity index (χ2n) is 5.61. The molecule has 0 aromatic heterocycles. The van der Waals surface area contributed by atoms with Crippen LogP contribution in [0.25, 0.3) is 10.4 Å². The average molecular weight is 354 g/mol. The summed E-state index contributed by atoms with van der Waals surface area (Å²) in [7, 11) is 3.56. The molecule has 136 valence electrons. The summed E-state index contributed by atoms with van der Waals surface area (Å²) < 4.78 is 5.42. The normalized spacial score (nSPS) is 10.6. The first kappa shape index (κ1) is 19.2. The lowest BCUT2D eigenvalue weighted by Crippen LogP contribution is -2.19. The number of azo groups is 1. The summed E-state index contributed by atoms with van der Waals surface area (Å²) in [5, 5.41) is 21.1. The third-order valence-corrected chi connectivity index (χ3v) is 3.81. The number of methoxy groups -OCH3 is 1. The van der Waals surface area contributed by atoms with Gasteiger partial charge in [-0.25, -0.2) is 0 Å². The van der Waals surface area contributed by atoms with Crippen LogP contribution in [0.1, 0.15) is 12.0 Å². The maximum absolute atomic E-state index is 9.06. The first-order valence-electron chi connectivity index (χ1n) is 8.19. The van der Waals surface area contributed by atoms with Gasteiger partial charge >= 0.3 is 0 Å². The second kappa shape index (κ2) is 10.0. The van der Waals surface area contributed by atoms with Crippen LogP contribution >= 0.6 is 0 Å². The molecule has 0 aliphatic carbocycles. The number of hydrogen-bond donors (Lipinski definition) is 1. The Hall–Kier alpha value is -3.09. The molecular weight excluding hydrogens is 332 g/mol. The zero-order valence-electron chi connectivity index (χ0n) is 14.9. The van der Waals surface area contributed by atoms with E-state index >= 15 is 0 Å². The molecule has 2 aromatic rings. The predicted octanol–water partition coefficient (Wildman–Crippen LogP) is 4.74. The maximum atomic E-state index is 9.06. The Balaban J connectivity index is 2.09. The van der Waals surface area contributed by atoms with Crippen LogP contribution in [0, 0.1) is 0 Å². The zero-order chi connectivity index (χ0) is 18.8. The molecule has 0 fully saturated rings. The molecule has 0 amide bonds. The minimum atomic E-state index is 0.00306. The number of hydrogen-bond acceptors (Lipinski definition) is 6. The summed E-state index contributed by atoms with van der Waals surface area (Å²) in [6.45, 7) is 1.24.